The lowest BCUT2D eigenvalue weighted by Gasteiger charge is -2.26. The predicted octanol–water partition coefficient (Wildman–Crippen LogP) is 3.72. The summed E-state index contributed by atoms with van der Waals surface area (Å²) in [4.78, 5) is 14.6. The van der Waals surface area contributed by atoms with E-state index in [2.05, 4.69) is 66.7 Å². The largest absolute Gasteiger partial charge is 0.379 e. The summed E-state index contributed by atoms with van der Waals surface area (Å²) in [5.41, 5.74) is 3.92. The fraction of sp³-hybridized carbons (Fsp3) is 0.294. The van der Waals surface area contributed by atoms with Crippen LogP contribution in [0.1, 0.15) is 5.56 Å². The van der Waals surface area contributed by atoms with Crippen LogP contribution in [0.5, 0.6) is 0 Å². The van der Waals surface area contributed by atoms with E-state index in [4.69, 9.17) is 16.3 Å². The molecule has 3 aromatic rings. The van der Waals surface area contributed by atoms with Crippen molar-refractivity contribution in [2.45, 2.75) is 6.54 Å². The number of morpholine rings is 1. The van der Waals surface area contributed by atoms with Crippen molar-refractivity contribution < 1.29 is 4.74 Å². The van der Waals surface area contributed by atoms with E-state index in [0.29, 0.717) is 5.02 Å². The molecule has 0 unspecified atom stereocenters. The first-order valence-corrected chi connectivity index (χ1v) is 9.25. The smallest absolute Gasteiger partial charge is 0.158 e. The molecular weight excluding hydrogens is 439 g/mol. The van der Waals surface area contributed by atoms with E-state index < -0.39 is 0 Å². The number of benzene rings is 1. The Balaban J connectivity index is 1.57. The van der Waals surface area contributed by atoms with E-state index in [1.807, 2.05) is 0 Å². The number of halogens is 2. The van der Waals surface area contributed by atoms with Gasteiger partial charge in [-0.3, -0.25) is 4.90 Å². The standard InChI is InChI=1S/C17H16ClIN4O/c18-13-9-20-17-15(14(13)19)21-16(22-17)12-3-1-11(2-4-12)10-23-5-7-24-8-6-23/h1-4,9H,5-8,10H2,(H,20,21,22). The Morgan fingerprint density at radius 2 is 1.96 bits per heavy atom. The lowest BCUT2D eigenvalue weighted by Crippen LogP contribution is -2.35. The van der Waals surface area contributed by atoms with Crippen LogP contribution in [0.15, 0.2) is 30.5 Å². The van der Waals surface area contributed by atoms with Crippen molar-refractivity contribution in [2.24, 2.45) is 0 Å². The van der Waals surface area contributed by atoms with Crippen LogP contribution in [-0.4, -0.2) is 46.2 Å². The van der Waals surface area contributed by atoms with Crippen molar-refractivity contribution in [3.8, 4) is 11.4 Å². The van der Waals surface area contributed by atoms with Crippen molar-refractivity contribution >= 4 is 45.4 Å². The molecule has 124 valence electrons. The summed E-state index contributed by atoms with van der Waals surface area (Å²) in [6.07, 6.45) is 1.65. The molecule has 0 atom stereocenters. The van der Waals surface area contributed by atoms with Gasteiger partial charge in [-0.2, -0.15) is 0 Å². The quantitative estimate of drug-likeness (QED) is 0.613. The van der Waals surface area contributed by atoms with Crippen LogP contribution in [0.25, 0.3) is 22.6 Å². The third-order valence-corrected chi connectivity index (χ3v) is 5.84. The van der Waals surface area contributed by atoms with Gasteiger partial charge in [0.15, 0.2) is 5.65 Å². The van der Waals surface area contributed by atoms with Crippen LogP contribution in [-0.2, 0) is 11.3 Å². The van der Waals surface area contributed by atoms with Gasteiger partial charge in [-0.25, -0.2) is 9.97 Å². The maximum absolute atomic E-state index is 6.12. The van der Waals surface area contributed by atoms with Crippen molar-refractivity contribution in [1.82, 2.24) is 19.9 Å². The average Bonchev–Trinajstić information content (AvgIpc) is 3.05. The number of hydrogen-bond acceptors (Lipinski definition) is 4. The Labute approximate surface area is 158 Å². The van der Waals surface area contributed by atoms with Crippen molar-refractivity contribution in [2.75, 3.05) is 26.3 Å². The van der Waals surface area contributed by atoms with Gasteiger partial charge in [0.25, 0.3) is 0 Å². The first kappa shape index (κ1) is 16.3. The zero-order chi connectivity index (χ0) is 16.5. The molecule has 1 aromatic carbocycles. The van der Waals surface area contributed by atoms with Crippen molar-refractivity contribution in [3.63, 3.8) is 0 Å². The highest BCUT2D eigenvalue weighted by Gasteiger charge is 2.13. The van der Waals surface area contributed by atoms with Gasteiger partial charge in [-0.1, -0.05) is 35.9 Å². The minimum Gasteiger partial charge on any atom is -0.379 e. The highest BCUT2D eigenvalue weighted by molar-refractivity contribution is 14.1. The molecule has 3 heterocycles. The van der Waals surface area contributed by atoms with E-state index in [0.717, 1.165) is 59.0 Å². The molecule has 0 radical (unpaired) electrons. The number of imidazole rings is 1. The lowest BCUT2D eigenvalue weighted by molar-refractivity contribution is 0.0342. The number of ether oxygens (including phenoxy) is 1. The summed E-state index contributed by atoms with van der Waals surface area (Å²) in [7, 11) is 0. The monoisotopic (exact) mass is 454 g/mol. The maximum atomic E-state index is 6.12. The summed E-state index contributed by atoms with van der Waals surface area (Å²) in [6, 6.07) is 8.51. The van der Waals surface area contributed by atoms with Crippen LogP contribution < -0.4 is 0 Å². The normalized spacial score (nSPS) is 15.9. The van der Waals surface area contributed by atoms with Crippen LogP contribution in [0.4, 0.5) is 0 Å². The number of fused-ring (bicyclic) bond motifs is 1. The van der Waals surface area contributed by atoms with E-state index in [9.17, 15) is 0 Å². The molecular formula is C17H16ClIN4O. The Kier molecular flexibility index (Phi) is 4.71. The first-order chi connectivity index (χ1) is 11.7. The molecule has 0 saturated carbocycles. The Bertz CT molecular complexity index is 859. The van der Waals surface area contributed by atoms with Gasteiger partial charge in [-0.05, 0) is 28.2 Å². The van der Waals surface area contributed by atoms with Gasteiger partial charge >= 0.3 is 0 Å². The lowest BCUT2D eigenvalue weighted by atomic mass is 10.1. The third kappa shape index (κ3) is 3.28. The fourth-order valence-electron chi connectivity index (χ4n) is 2.82. The van der Waals surface area contributed by atoms with E-state index in [1.165, 1.54) is 5.56 Å². The molecule has 7 heteroatoms. The summed E-state index contributed by atoms with van der Waals surface area (Å²) < 4.78 is 6.31. The molecule has 0 spiro atoms. The zero-order valence-electron chi connectivity index (χ0n) is 12.9. The van der Waals surface area contributed by atoms with Gasteiger partial charge in [0.2, 0.25) is 0 Å². The number of aromatic amines is 1. The topological polar surface area (TPSA) is 54.0 Å². The van der Waals surface area contributed by atoms with Crippen LogP contribution in [0.3, 0.4) is 0 Å². The number of rotatable bonds is 3. The summed E-state index contributed by atoms with van der Waals surface area (Å²) in [6.45, 7) is 4.60. The van der Waals surface area contributed by atoms with Crippen molar-refractivity contribution in [1.29, 1.82) is 0 Å². The van der Waals surface area contributed by atoms with Gasteiger partial charge in [-0.15, -0.1) is 0 Å². The van der Waals surface area contributed by atoms with Crippen molar-refractivity contribution in [3.05, 3.63) is 44.6 Å². The van der Waals surface area contributed by atoms with Crippen LogP contribution in [0.2, 0.25) is 5.02 Å². The van der Waals surface area contributed by atoms with Gasteiger partial charge in [0.1, 0.15) is 11.3 Å². The maximum Gasteiger partial charge on any atom is 0.158 e. The fourth-order valence-corrected chi connectivity index (χ4v) is 3.48. The molecule has 1 aliphatic heterocycles. The molecule has 0 amide bonds. The Hall–Kier alpha value is -1.22. The van der Waals surface area contributed by atoms with E-state index in [-0.39, 0.29) is 0 Å². The van der Waals surface area contributed by atoms with Crippen LogP contribution >= 0.6 is 34.2 Å². The summed E-state index contributed by atoms with van der Waals surface area (Å²) in [5.74, 6) is 0.815. The Morgan fingerprint density at radius 1 is 1.21 bits per heavy atom. The second kappa shape index (κ2) is 6.95. The number of aromatic nitrogens is 3. The van der Waals surface area contributed by atoms with Gasteiger partial charge in [0, 0.05) is 31.4 Å². The molecule has 5 nitrogen and oxygen atoms in total. The van der Waals surface area contributed by atoms with E-state index in [1.54, 1.807) is 6.20 Å². The number of nitrogens with zero attached hydrogens (tertiary/aromatic N) is 3. The van der Waals surface area contributed by atoms with Gasteiger partial charge in [0.05, 0.1) is 21.8 Å². The molecule has 1 N–H and O–H groups in total. The second-order valence-electron chi connectivity index (χ2n) is 5.79. The number of hydrogen-bond donors (Lipinski definition) is 1. The molecule has 1 saturated heterocycles. The second-order valence-corrected chi connectivity index (χ2v) is 7.27. The minimum atomic E-state index is 0.627. The molecule has 2 aromatic heterocycles. The molecule has 0 bridgehead atoms. The number of H-pyrrole nitrogens is 1. The molecule has 1 aliphatic rings. The molecule has 4 rings (SSSR count). The van der Waals surface area contributed by atoms with Gasteiger partial charge < -0.3 is 9.72 Å². The minimum absolute atomic E-state index is 0.627. The average molecular weight is 455 g/mol. The molecule has 0 aliphatic carbocycles. The number of nitrogens with one attached hydrogen (secondary N) is 1. The summed E-state index contributed by atoms with van der Waals surface area (Å²) in [5, 5.41) is 0.627. The van der Waals surface area contributed by atoms with Crippen LogP contribution in [0, 0.1) is 3.57 Å². The molecule has 24 heavy (non-hydrogen) atoms. The highest BCUT2D eigenvalue weighted by Crippen LogP contribution is 2.27. The Morgan fingerprint density at radius 3 is 2.71 bits per heavy atom. The number of pyridine rings is 1. The summed E-state index contributed by atoms with van der Waals surface area (Å²) >= 11 is 8.32. The first-order valence-electron chi connectivity index (χ1n) is 7.80. The highest BCUT2D eigenvalue weighted by atomic mass is 127. The predicted molar refractivity (Wildman–Crippen MR) is 103 cm³/mol. The van der Waals surface area contributed by atoms with E-state index >= 15 is 0 Å². The third-order valence-electron chi connectivity index (χ3n) is 4.15. The zero-order valence-corrected chi connectivity index (χ0v) is 15.8. The molecule has 1 fully saturated rings. The SMILES string of the molecule is Clc1cnc2[nH]c(-c3ccc(CN4CCOCC4)cc3)nc2c1I.